The van der Waals surface area contributed by atoms with Gasteiger partial charge in [0.1, 0.15) is 5.82 Å². The first-order valence-electron chi connectivity index (χ1n) is 9.62. The zero-order valence-electron chi connectivity index (χ0n) is 15.1. The molecule has 1 saturated heterocycles. The van der Waals surface area contributed by atoms with Crippen LogP contribution in [0, 0.1) is 0 Å². The maximum atomic E-state index is 12.7. The fourth-order valence-electron chi connectivity index (χ4n) is 3.81. The zero-order valence-corrected chi connectivity index (χ0v) is 15.1. The van der Waals surface area contributed by atoms with Gasteiger partial charge in [-0.15, -0.1) is 0 Å². The molecule has 26 heavy (non-hydrogen) atoms. The highest BCUT2D eigenvalue weighted by molar-refractivity contribution is 5.79. The van der Waals surface area contributed by atoms with Crippen LogP contribution in [-0.4, -0.2) is 33.4 Å². The van der Waals surface area contributed by atoms with E-state index >= 15 is 0 Å². The summed E-state index contributed by atoms with van der Waals surface area (Å²) in [6.07, 6.45) is 5.94. The van der Waals surface area contributed by atoms with Crippen molar-refractivity contribution in [1.82, 2.24) is 14.5 Å². The van der Waals surface area contributed by atoms with Gasteiger partial charge in [-0.3, -0.25) is 9.36 Å². The quantitative estimate of drug-likeness (QED) is 0.703. The van der Waals surface area contributed by atoms with Crippen LogP contribution < -0.4 is 0 Å². The number of carbonyl (C=O) groups is 1. The lowest BCUT2D eigenvalue weighted by Gasteiger charge is -2.20. The topological polar surface area (TPSA) is 38.1 Å². The number of aromatic nitrogens is 2. The lowest BCUT2D eigenvalue weighted by molar-refractivity contribution is -0.131. The molecule has 0 bridgehead atoms. The minimum absolute atomic E-state index is 0.263. The number of hydrogen-bond acceptors (Lipinski definition) is 2. The number of rotatable bonds is 4. The van der Waals surface area contributed by atoms with Crippen LogP contribution in [0.15, 0.2) is 54.6 Å². The first-order valence-corrected chi connectivity index (χ1v) is 9.62. The number of aryl methyl sites for hydroxylation is 1. The van der Waals surface area contributed by atoms with E-state index in [1.54, 1.807) is 0 Å². The first kappa shape index (κ1) is 16.8. The molecule has 1 fully saturated rings. The van der Waals surface area contributed by atoms with Gasteiger partial charge in [0, 0.05) is 31.6 Å². The van der Waals surface area contributed by atoms with E-state index in [0.717, 1.165) is 48.5 Å². The summed E-state index contributed by atoms with van der Waals surface area (Å²) >= 11 is 0. The molecule has 0 radical (unpaired) electrons. The predicted molar refractivity (Wildman–Crippen MR) is 104 cm³/mol. The Bertz CT molecular complexity index is 877. The van der Waals surface area contributed by atoms with Crippen molar-refractivity contribution in [2.75, 3.05) is 13.1 Å². The maximum Gasteiger partial charge on any atom is 0.223 e. The van der Waals surface area contributed by atoms with E-state index in [4.69, 9.17) is 4.98 Å². The highest BCUT2D eigenvalue weighted by atomic mass is 16.2. The zero-order chi connectivity index (χ0) is 17.8. The summed E-state index contributed by atoms with van der Waals surface area (Å²) in [4.78, 5) is 19.5. The predicted octanol–water partition coefficient (Wildman–Crippen LogP) is 4.36. The molecule has 134 valence electrons. The van der Waals surface area contributed by atoms with Crippen molar-refractivity contribution >= 4 is 16.9 Å². The van der Waals surface area contributed by atoms with Crippen molar-refractivity contribution < 1.29 is 4.79 Å². The molecule has 3 aromatic rings. The van der Waals surface area contributed by atoms with Crippen LogP contribution in [0.1, 0.15) is 37.9 Å². The van der Waals surface area contributed by atoms with Crippen molar-refractivity contribution in [2.45, 2.75) is 38.5 Å². The number of likely N-dealkylation sites (tertiary alicyclic amines) is 1. The van der Waals surface area contributed by atoms with Gasteiger partial charge >= 0.3 is 0 Å². The standard InChI is InChI=1S/C22H25N3O/c26-22(24-16-8-1-2-9-17-24)15-14-21-23-19-12-6-7-13-20(19)25(21)18-10-4-3-5-11-18/h3-7,10-13H,1-2,8-9,14-17H2. The fraction of sp³-hybridized carbons (Fsp3) is 0.364. The van der Waals surface area contributed by atoms with Crippen LogP contribution in [0.5, 0.6) is 0 Å². The summed E-state index contributed by atoms with van der Waals surface area (Å²) in [7, 11) is 0. The summed E-state index contributed by atoms with van der Waals surface area (Å²) < 4.78 is 2.19. The molecule has 4 heteroatoms. The highest BCUT2D eigenvalue weighted by Gasteiger charge is 2.18. The Balaban J connectivity index is 1.59. The molecule has 4 nitrogen and oxygen atoms in total. The molecule has 1 aliphatic heterocycles. The summed E-state index contributed by atoms with van der Waals surface area (Å²) in [5.74, 6) is 1.22. The van der Waals surface area contributed by atoms with Gasteiger partial charge in [-0.1, -0.05) is 43.2 Å². The second-order valence-electron chi connectivity index (χ2n) is 6.98. The highest BCUT2D eigenvalue weighted by Crippen LogP contribution is 2.22. The number of hydrogen-bond donors (Lipinski definition) is 0. The number of benzene rings is 2. The van der Waals surface area contributed by atoms with Gasteiger partial charge in [-0.05, 0) is 37.1 Å². The fourth-order valence-corrected chi connectivity index (χ4v) is 3.81. The normalized spacial score (nSPS) is 15.2. The lowest BCUT2D eigenvalue weighted by Crippen LogP contribution is -2.32. The number of amides is 1. The molecular formula is C22H25N3O. The van der Waals surface area contributed by atoms with Gasteiger partial charge in [0.2, 0.25) is 5.91 Å². The Morgan fingerprint density at radius 2 is 1.58 bits per heavy atom. The van der Waals surface area contributed by atoms with Gasteiger partial charge in [0.25, 0.3) is 0 Å². The molecule has 1 aromatic heterocycles. The molecule has 0 N–H and O–H groups in total. The van der Waals surface area contributed by atoms with Crippen LogP contribution in [0.2, 0.25) is 0 Å². The van der Waals surface area contributed by atoms with E-state index in [2.05, 4.69) is 22.8 Å². The number of nitrogens with zero attached hydrogens (tertiary/aromatic N) is 3. The Labute approximate surface area is 154 Å². The number of carbonyl (C=O) groups excluding carboxylic acids is 1. The average molecular weight is 347 g/mol. The number of imidazole rings is 1. The number of fused-ring (bicyclic) bond motifs is 1. The molecule has 0 atom stereocenters. The third-order valence-electron chi connectivity index (χ3n) is 5.17. The summed E-state index contributed by atoms with van der Waals surface area (Å²) in [6.45, 7) is 1.82. The van der Waals surface area contributed by atoms with Gasteiger partial charge in [-0.2, -0.15) is 0 Å². The smallest absolute Gasteiger partial charge is 0.223 e. The minimum atomic E-state index is 0.263. The number of para-hydroxylation sites is 3. The third kappa shape index (κ3) is 3.50. The Hall–Kier alpha value is -2.62. The van der Waals surface area contributed by atoms with Gasteiger partial charge < -0.3 is 4.90 Å². The van der Waals surface area contributed by atoms with Crippen molar-refractivity contribution in [3.05, 3.63) is 60.4 Å². The Kier molecular flexibility index (Phi) is 5.00. The monoisotopic (exact) mass is 347 g/mol. The maximum absolute atomic E-state index is 12.7. The molecule has 0 spiro atoms. The SMILES string of the molecule is O=C(CCc1nc2ccccc2n1-c1ccccc1)N1CCCCCC1. The van der Waals surface area contributed by atoms with Crippen molar-refractivity contribution in [3.63, 3.8) is 0 Å². The summed E-state index contributed by atoms with van der Waals surface area (Å²) in [6, 6.07) is 18.5. The molecule has 0 saturated carbocycles. The van der Waals surface area contributed by atoms with Crippen molar-refractivity contribution in [2.24, 2.45) is 0 Å². The molecule has 1 amide bonds. The van der Waals surface area contributed by atoms with Crippen molar-refractivity contribution in [3.8, 4) is 5.69 Å². The average Bonchev–Trinajstić information content (AvgIpc) is 2.85. The first-order chi connectivity index (χ1) is 12.8. The molecular weight excluding hydrogens is 322 g/mol. The van der Waals surface area contributed by atoms with E-state index in [-0.39, 0.29) is 5.91 Å². The Morgan fingerprint density at radius 3 is 2.35 bits per heavy atom. The van der Waals surface area contributed by atoms with Gasteiger partial charge in [0.05, 0.1) is 11.0 Å². The van der Waals surface area contributed by atoms with Crippen molar-refractivity contribution in [1.29, 1.82) is 0 Å². The van der Waals surface area contributed by atoms with Gasteiger partial charge in [-0.25, -0.2) is 4.98 Å². The molecule has 2 aromatic carbocycles. The Morgan fingerprint density at radius 1 is 0.885 bits per heavy atom. The third-order valence-corrected chi connectivity index (χ3v) is 5.17. The van der Waals surface area contributed by atoms with Crippen LogP contribution >= 0.6 is 0 Å². The summed E-state index contributed by atoms with van der Waals surface area (Å²) in [5.41, 5.74) is 3.17. The van der Waals surface area contributed by atoms with Gasteiger partial charge in [0.15, 0.2) is 0 Å². The van der Waals surface area contributed by atoms with E-state index in [9.17, 15) is 4.79 Å². The largest absolute Gasteiger partial charge is 0.343 e. The van der Waals surface area contributed by atoms with Crippen LogP contribution in [-0.2, 0) is 11.2 Å². The molecule has 0 aliphatic carbocycles. The summed E-state index contributed by atoms with van der Waals surface area (Å²) in [5, 5.41) is 0. The second kappa shape index (κ2) is 7.73. The van der Waals surface area contributed by atoms with E-state index in [1.165, 1.54) is 12.8 Å². The molecule has 2 heterocycles. The molecule has 1 aliphatic rings. The van der Waals surface area contributed by atoms with E-state index in [0.29, 0.717) is 12.8 Å². The van der Waals surface area contributed by atoms with Crippen LogP contribution in [0.3, 0.4) is 0 Å². The second-order valence-corrected chi connectivity index (χ2v) is 6.98. The van der Waals surface area contributed by atoms with Crippen LogP contribution in [0.25, 0.3) is 16.7 Å². The van der Waals surface area contributed by atoms with Crippen LogP contribution in [0.4, 0.5) is 0 Å². The van der Waals surface area contributed by atoms with E-state index < -0.39 is 0 Å². The minimum Gasteiger partial charge on any atom is -0.343 e. The van der Waals surface area contributed by atoms with E-state index in [1.807, 2.05) is 41.3 Å². The molecule has 0 unspecified atom stereocenters. The molecule has 4 rings (SSSR count). The lowest BCUT2D eigenvalue weighted by atomic mass is 10.2.